The molecule has 0 aromatic carbocycles. The molecule has 1 atom stereocenters. The molecule has 3 aromatic heterocycles. The predicted octanol–water partition coefficient (Wildman–Crippen LogP) is 0.837. The molecule has 2 saturated heterocycles. The number of hydrogen-bond donors (Lipinski definition) is 2. The number of amides is 2. The summed E-state index contributed by atoms with van der Waals surface area (Å²) in [6, 6.07) is 0. The lowest BCUT2D eigenvalue weighted by Crippen LogP contribution is -2.49. The van der Waals surface area contributed by atoms with Gasteiger partial charge in [-0.15, -0.1) is 5.10 Å². The number of nitrogens with one attached hydrogen (secondary N) is 1. The van der Waals surface area contributed by atoms with Gasteiger partial charge < -0.3 is 25.8 Å². The third-order valence-corrected chi connectivity index (χ3v) is 6.48. The molecule has 184 valence electrons. The molecular weight excluding hydrogens is 460 g/mol. The molecule has 35 heavy (non-hydrogen) atoms. The first-order valence-corrected chi connectivity index (χ1v) is 11.3. The van der Waals surface area contributed by atoms with Crippen LogP contribution in [0.15, 0.2) is 24.8 Å². The maximum atomic E-state index is 14.9. The highest BCUT2D eigenvalue weighted by Gasteiger charge is 2.34. The monoisotopic (exact) mass is 485 g/mol. The minimum atomic E-state index is -0.686. The van der Waals surface area contributed by atoms with Gasteiger partial charge in [-0.3, -0.25) is 14.6 Å². The second-order valence-corrected chi connectivity index (χ2v) is 8.83. The van der Waals surface area contributed by atoms with Gasteiger partial charge in [0.15, 0.2) is 23.1 Å². The second-order valence-electron chi connectivity index (χ2n) is 8.83. The molecule has 5 rings (SSSR count). The molecule has 5 heterocycles. The first-order chi connectivity index (χ1) is 16.8. The van der Waals surface area contributed by atoms with Crippen molar-refractivity contribution in [3.8, 4) is 0 Å². The summed E-state index contributed by atoms with van der Waals surface area (Å²) in [6.45, 7) is 3.78. The number of nitrogens with zero attached hydrogens (tertiary/aromatic N) is 7. The first kappa shape index (κ1) is 22.9. The van der Waals surface area contributed by atoms with Crippen LogP contribution in [0.4, 0.5) is 26.0 Å². The lowest BCUT2D eigenvalue weighted by molar-refractivity contribution is -0.136. The zero-order valence-electron chi connectivity index (χ0n) is 19.1. The molecule has 2 aliphatic heterocycles. The molecule has 2 fully saturated rings. The fraction of sp³-hybridized carbons (Fsp3) is 0.409. The Morgan fingerprint density at radius 2 is 1.89 bits per heavy atom. The summed E-state index contributed by atoms with van der Waals surface area (Å²) in [5.41, 5.74) is 6.15. The molecule has 1 unspecified atom stereocenters. The van der Waals surface area contributed by atoms with Crippen LogP contribution in [-0.2, 0) is 4.79 Å². The van der Waals surface area contributed by atoms with Crippen molar-refractivity contribution < 1.29 is 18.4 Å². The molecule has 13 heteroatoms. The van der Waals surface area contributed by atoms with Crippen LogP contribution >= 0.6 is 0 Å². The molecule has 3 aromatic rings. The molecule has 11 nitrogen and oxygen atoms in total. The van der Waals surface area contributed by atoms with E-state index in [0.717, 1.165) is 36.2 Å². The summed E-state index contributed by atoms with van der Waals surface area (Å²) >= 11 is 0. The van der Waals surface area contributed by atoms with E-state index in [0.29, 0.717) is 32.6 Å². The third kappa shape index (κ3) is 4.34. The number of carbonyl (C=O) groups is 2. The summed E-state index contributed by atoms with van der Waals surface area (Å²) < 4.78 is 29.5. The molecule has 0 aliphatic carbocycles. The number of likely N-dealkylation sites (N-methyl/N-ethyl adjacent to an activating group) is 1. The average Bonchev–Trinajstić information content (AvgIpc) is 3.43. The SMILES string of the molecule is CN1CCN(C(=O)C2CCN(c3c(F)cncc3NC(=O)c3c(N)nn4cc(F)cnc34)C2)CC1. The van der Waals surface area contributed by atoms with E-state index in [2.05, 4.69) is 25.3 Å². The number of nitrogens with two attached hydrogens (primary N) is 1. The summed E-state index contributed by atoms with van der Waals surface area (Å²) in [4.78, 5) is 39.6. The number of hydrogen-bond acceptors (Lipinski definition) is 8. The number of anilines is 3. The standard InChI is InChI=1S/C22H25F2N9O2/c1-30-4-6-31(7-5-30)22(35)13-2-3-32(11-13)18-15(24)9-26-10-16(18)28-21(34)17-19(25)29-33-12-14(23)8-27-20(17)33/h8-10,12-13H,2-7,11H2,1H3,(H2,25,29)(H,28,34). The van der Waals surface area contributed by atoms with Crippen molar-refractivity contribution in [3.05, 3.63) is 42.0 Å². The van der Waals surface area contributed by atoms with E-state index in [1.165, 1.54) is 6.20 Å². The lowest BCUT2D eigenvalue weighted by Gasteiger charge is -2.34. The van der Waals surface area contributed by atoms with Gasteiger partial charge in [-0.25, -0.2) is 18.3 Å². The average molecular weight is 485 g/mol. The van der Waals surface area contributed by atoms with Crippen LogP contribution in [0.1, 0.15) is 16.8 Å². The van der Waals surface area contributed by atoms with Crippen molar-refractivity contribution >= 4 is 34.7 Å². The molecule has 0 bridgehead atoms. The Hall–Kier alpha value is -3.87. The number of aromatic nitrogens is 4. The van der Waals surface area contributed by atoms with E-state index in [1.807, 2.05) is 11.9 Å². The Labute approximate surface area is 199 Å². The zero-order valence-corrected chi connectivity index (χ0v) is 19.1. The zero-order chi connectivity index (χ0) is 24.7. The molecule has 2 aliphatic rings. The van der Waals surface area contributed by atoms with Crippen LogP contribution in [-0.4, -0.2) is 87.5 Å². The van der Waals surface area contributed by atoms with Gasteiger partial charge >= 0.3 is 0 Å². The Kier molecular flexibility index (Phi) is 5.93. The van der Waals surface area contributed by atoms with Gasteiger partial charge in [0.2, 0.25) is 5.91 Å². The number of halogens is 2. The number of rotatable bonds is 4. The largest absolute Gasteiger partial charge is 0.381 e. The van der Waals surface area contributed by atoms with E-state index in [-0.39, 0.29) is 40.2 Å². The maximum absolute atomic E-state index is 14.9. The highest BCUT2D eigenvalue weighted by atomic mass is 19.1. The van der Waals surface area contributed by atoms with E-state index in [1.54, 1.807) is 4.90 Å². The van der Waals surface area contributed by atoms with Crippen LogP contribution in [0.3, 0.4) is 0 Å². The van der Waals surface area contributed by atoms with E-state index in [4.69, 9.17) is 5.73 Å². The van der Waals surface area contributed by atoms with Crippen molar-refractivity contribution in [3.63, 3.8) is 0 Å². The molecule has 2 amide bonds. The number of nitrogen functional groups attached to an aromatic ring is 1. The van der Waals surface area contributed by atoms with Crippen molar-refractivity contribution in [1.82, 2.24) is 29.4 Å². The van der Waals surface area contributed by atoms with Gasteiger partial charge in [-0.1, -0.05) is 0 Å². The van der Waals surface area contributed by atoms with E-state index >= 15 is 0 Å². The first-order valence-electron chi connectivity index (χ1n) is 11.3. The quantitative estimate of drug-likeness (QED) is 0.557. The van der Waals surface area contributed by atoms with Gasteiger partial charge in [0, 0.05) is 39.3 Å². The van der Waals surface area contributed by atoms with E-state index in [9.17, 15) is 18.4 Å². The van der Waals surface area contributed by atoms with Crippen molar-refractivity contribution in [2.45, 2.75) is 6.42 Å². The second kappa shape index (κ2) is 9.06. The topological polar surface area (TPSA) is 125 Å². The Morgan fingerprint density at radius 1 is 1.11 bits per heavy atom. The highest BCUT2D eigenvalue weighted by molar-refractivity contribution is 6.12. The predicted molar refractivity (Wildman–Crippen MR) is 124 cm³/mol. The van der Waals surface area contributed by atoms with Crippen LogP contribution in [0, 0.1) is 17.6 Å². The summed E-state index contributed by atoms with van der Waals surface area (Å²) in [5, 5.41) is 6.56. The molecule has 0 spiro atoms. The fourth-order valence-corrected chi connectivity index (χ4v) is 4.62. The smallest absolute Gasteiger partial charge is 0.263 e. The van der Waals surface area contributed by atoms with Crippen LogP contribution < -0.4 is 16.0 Å². The Morgan fingerprint density at radius 3 is 2.66 bits per heavy atom. The maximum Gasteiger partial charge on any atom is 0.263 e. The highest BCUT2D eigenvalue weighted by Crippen LogP contribution is 2.34. The van der Waals surface area contributed by atoms with Gasteiger partial charge in [-0.2, -0.15) is 0 Å². The van der Waals surface area contributed by atoms with Gasteiger partial charge in [-0.05, 0) is 13.5 Å². The van der Waals surface area contributed by atoms with Crippen LogP contribution in [0.25, 0.3) is 5.65 Å². The van der Waals surface area contributed by atoms with Gasteiger partial charge in [0.05, 0.1) is 36.4 Å². The number of carbonyl (C=O) groups excluding carboxylic acids is 2. The molecular formula is C22H25F2N9O2. The fourth-order valence-electron chi connectivity index (χ4n) is 4.62. The number of pyridine rings is 1. The number of piperazine rings is 1. The lowest BCUT2D eigenvalue weighted by atomic mass is 10.1. The normalized spacial score (nSPS) is 18.9. The third-order valence-electron chi connectivity index (χ3n) is 6.48. The molecule has 0 radical (unpaired) electrons. The minimum Gasteiger partial charge on any atom is -0.381 e. The van der Waals surface area contributed by atoms with Gasteiger partial charge in [0.25, 0.3) is 5.91 Å². The number of fused-ring (bicyclic) bond motifs is 1. The summed E-state index contributed by atoms with van der Waals surface area (Å²) in [7, 11) is 2.02. The van der Waals surface area contributed by atoms with Crippen LogP contribution in [0.2, 0.25) is 0 Å². The van der Waals surface area contributed by atoms with Crippen LogP contribution in [0.5, 0.6) is 0 Å². The van der Waals surface area contributed by atoms with Gasteiger partial charge in [0.1, 0.15) is 11.3 Å². The Bertz CT molecular complexity index is 1290. The van der Waals surface area contributed by atoms with Crippen molar-refractivity contribution in [1.29, 1.82) is 0 Å². The van der Waals surface area contributed by atoms with E-state index < -0.39 is 17.5 Å². The molecule has 3 N–H and O–H groups in total. The summed E-state index contributed by atoms with van der Waals surface area (Å²) in [5.74, 6) is -2.29. The summed E-state index contributed by atoms with van der Waals surface area (Å²) in [6.07, 6.45) is 4.98. The minimum absolute atomic E-state index is 0.0614. The van der Waals surface area contributed by atoms with Crippen molar-refractivity contribution in [2.24, 2.45) is 5.92 Å². The molecule has 0 saturated carbocycles. The Balaban J connectivity index is 1.36. The van der Waals surface area contributed by atoms with Crippen molar-refractivity contribution in [2.75, 3.05) is 62.3 Å².